The summed E-state index contributed by atoms with van der Waals surface area (Å²) < 4.78 is 22.8. The van der Waals surface area contributed by atoms with E-state index in [4.69, 9.17) is 4.74 Å². The number of carboxylic acids is 1. The van der Waals surface area contributed by atoms with Gasteiger partial charge in [0.25, 0.3) is 0 Å². The first-order valence-electron chi connectivity index (χ1n) is 12.2. The van der Waals surface area contributed by atoms with Gasteiger partial charge in [-0.2, -0.15) is 0 Å². The van der Waals surface area contributed by atoms with E-state index in [9.17, 15) is 9.90 Å². The summed E-state index contributed by atoms with van der Waals surface area (Å²) in [6.07, 6.45) is 5.17. The number of ether oxygens (including phenoxy) is 1. The van der Waals surface area contributed by atoms with Crippen LogP contribution in [-0.2, 0) is 11.8 Å². The molecule has 0 spiro atoms. The maximum absolute atomic E-state index is 15.4. The summed E-state index contributed by atoms with van der Waals surface area (Å²) in [7, 11) is 3.63. The number of likely N-dealkylation sites (tertiary alicyclic amines) is 1. The molecule has 35 heavy (non-hydrogen) atoms. The van der Waals surface area contributed by atoms with Gasteiger partial charge in [0, 0.05) is 37.1 Å². The highest BCUT2D eigenvalue weighted by molar-refractivity contribution is 7.99. The van der Waals surface area contributed by atoms with Crippen molar-refractivity contribution in [3.8, 4) is 5.75 Å². The van der Waals surface area contributed by atoms with Gasteiger partial charge in [-0.25, -0.2) is 4.39 Å². The molecule has 0 bridgehead atoms. The number of carbonyl (C=O) groups is 1. The first-order chi connectivity index (χ1) is 17.0. The molecule has 3 atom stereocenters. The van der Waals surface area contributed by atoms with Crippen LogP contribution in [-0.4, -0.2) is 58.0 Å². The molecule has 1 fully saturated rings. The van der Waals surface area contributed by atoms with Gasteiger partial charge in [0.2, 0.25) is 0 Å². The number of aryl methyl sites for hydroxylation is 1. The molecule has 0 amide bonds. The van der Waals surface area contributed by atoms with Crippen molar-refractivity contribution >= 4 is 28.6 Å². The Bertz CT molecular complexity index is 1140. The summed E-state index contributed by atoms with van der Waals surface area (Å²) in [6.45, 7) is 2.31. The van der Waals surface area contributed by atoms with Crippen LogP contribution in [0, 0.1) is 11.8 Å². The van der Waals surface area contributed by atoms with Crippen LogP contribution in [0.3, 0.4) is 0 Å². The molecule has 4 rings (SSSR count). The third-order valence-corrected chi connectivity index (χ3v) is 8.25. The van der Waals surface area contributed by atoms with Crippen molar-refractivity contribution in [2.45, 2.75) is 36.9 Å². The number of alkyl halides is 1. The third-order valence-electron chi connectivity index (χ3n) is 7.03. The van der Waals surface area contributed by atoms with Crippen molar-refractivity contribution in [2.75, 3.05) is 32.5 Å². The zero-order chi connectivity index (χ0) is 24.8. The Hall–Kier alpha value is -2.58. The lowest BCUT2D eigenvalue weighted by atomic mass is 9.81. The second kappa shape index (κ2) is 11.9. The molecule has 3 heterocycles. The van der Waals surface area contributed by atoms with Crippen molar-refractivity contribution < 1.29 is 19.0 Å². The minimum atomic E-state index is -1.17. The van der Waals surface area contributed by atoms with Gasteiger partial charge in [-0.05, 0) is 86.7 Å². The topological polar surface area (TPSA) is 67.6 Å². The maximum Gasteiger partial charge on any atom is 0.308 e. The minimum Gasteiger partial charge on any atom is -0.497 e. The number of halogens is 1. The number of piperidine rings is 1. The SMILES string of the molecule is COc1ccc2nccc(C(F)CC[C@@H]3CCN(CCCSc4cccn4C)C[C@@H]3C(=O)O)c2c1. The van der Waals surface area contributed by atoms with Crippen LogP contribution in [0.25, 0.3) is 10.9 Å². The standard InChI is InChI=1S/C27H34FN3O3S/c1-30-13-3-5-26(30)35-16-4-14-31-15-11-19(23(18-31)27(32)33)6-8-24(28)21-10-12-29-25-9-7-20(34-2)17-22(21)25/h3,5,7,9-10,12-13,17,19,23-24H,4,6,8,11,14-16,18H2,1-2H3,(H,32,33)/t19-,23+,24?/m1/s1. The molecule has 1 unspecified atom stereocenters. The average molecular weight is 500 g/mol. The Morgan fingerprint density at radius 3 is 2.94 bits per heavy atom. The second-order valence-electron chi connectivity index (χ2n) is 9.28. The lowest BCUT2D eigenvalue weighted by molar-refractivity contribution is -0.146. The molecule has 3 aromatic rings. The Morgan fingerprint density at radius 1 is 1.34 bits per heavy atom. The number of hydrogen-bond acceptors (Lipinski definition) is 5. The fourth-order valence-corrected chi connectivity index (χ4v) is 5.94. The Kier molecular flexibility index (Phi) is 8.68. The Labute approximate surface area is 210 Å². The van der Waals surface area contributed by atoms with Gasteiger partial charge in [0.15, 0.2) is 0 Å². The van der Waals surface area contributed by atoms with Crippen LogP contribution in [0.15, 0.2) is 53.8 Å². The molecule has 1 N–H and O–H groups in total. The number of aliphatic carboxylic acids is 1. The van der Waals surface area contributed by atoms with E-state index in [-0.39, 0.29) is 5.92 Å². The number of hydrogen-bond donors (Lipinski definition) is 1. The fraction of sp³-hybridized carbons (Fsp3) is 0.481. The average Bonchev–Trinajstić information content (AvgIpc) is 3.29. The van der Waals surface area contributed by atoms with Gasteiger partial charge in [0.05, 0.1) is 23.6 Å². The van der Waals surface area contributed by atoms with Crippen LogP contribution < -0.4 is 4.74 Å². The summed E-state index contributed by atoms with van der Waals surface area (Å²) in [6, 6.07) is 11.3. The molecule has 2 aromatic heterocycles. The molecular formula is C27H34FN3O3S. The molecule has 188 valence electrons. The number of pyridine rings is 1. The largest absolute Gasteiger partial charge is 0.497 e. The number of benzene rings is 1. The van der Waals surface area contributed by atoms with Gasteiger partial charge in [0.1, 0.15) is 11.9 Å². The van der Waals surface area contributed by atoms with Gasteiger partial charge in [-0.15, -0.1) is 11.8 Å². The predicted octanol–water partition coefficient (Wildman–Crippen LogP) is 5.58. The number of aromatic nitrogens is 2. The van der Waals surface area contributed by atoms with Crippen LogP contribution in [0.5, 0.6) is 5.75 Å². The highest BCUT2D eigenvalue weighted by atomic mass is 32.2. The minimum absolute atomic E-state index is 0.0117. The summed E-state index contributed by atoms with van der Waals surface area (Å²) in [5.74, 6) is 0.434. The van der Waals surface area contributed by atoms with E-state index < -0.39 is 18.1 Å². The second-order valence-corrected chi connectivity index (χ2v) is 10.4. The molecule has 8 heteroatoms. The van der Waals surface area contributed by atoms with Crippen molar-refractivity contribution in [1.82, 2.24) is 14.5 Å². The zero-order valence-electron chi connectivity index (χ0n) is 20.4. The Morgan fingerprint density at radius 2 is 2.20 bits per heavy atom. The number of fused-ring (bicyclic) bond motifs is 1. The van der Waals surface area contributed by atoms with Gasteiger partial charge >= 0.3 is 5.97 Å². The van der Waals surface area contributed by atoms with Crippen LogP contribution >= 0.6 is 11.8 Å². The molecular weight excluding hydrogens is 465 g/mol. The molecule has 1 aromatic carbocycles. The number of carboxylic acid groups (broad SMARTS) is 1. The lowest BCUT2D eigenvalue weighted by Crippen LogP contribution is -2.44. The predicted molar refractivity (Wildman–Crippen MR) is 138 cm³/mol. The highest BCUT2D eigenvalue weighted by Gasteiger charge is 2.34. The monoisotopic (exact) mass is 499 g/mol. The molecule has 1 aliphatic rings. The van der Waals surface area contributed by atoms with Crippen LogP contribution in [0.4, 0.5) is 4.39 Å². The van der Waals surface area contributed by atoms with E-state index in [0.29, 0.717) is 30.7 Å². The van der Waals surface area contributed by atoms with Crippen LogP contribution in [0.1, 0.15) is 37.4 Å². The Balaban J connectivity index is 1.30. The third kappa shape index (κ3) is 6.35. The smallest absolute Gasteiger partial charge is 0.308 e. The number of methoxy groups -OCH3 is 1. The van der Waals surface area contributed by atoms with E-state index in [1.807, 2.05) is 49.3 Å². The first-order valence-corrected chi connectivity index (χ1v) is 13.2. The summed E-state index contributed by atoms with van der Waals surface area (Å²) in [4.78, 5) is 18.6. The summed E-state index contributed by atoms with van der Waals surface area (Å²) in [5.41, 5.74) is 1.32. The summed E-state index contributed by atoms with van der Waals surface area (Å²) >= 11 is 1.83. The maximum atomic E-state index is 15.4. The summed E-state index contributed by atoms with van der Waals surface area (Å²) in [5, 5.41) is 11.9. The normalized spacial score (nSPS) is 19.6. The molecule has 1 aliphatic heterocycles. The number of nitrogens with zero attached hydrogens (tertiary/aromatic N) is 3. The van der Waals surface area contributed by atoms with Gasteiger partial charge in [-0.1, -0.05) is 0 Å². The molecule has 0 aliphatic carbocycles. The van der Waals surface area contributed by atoms with E-state index in [1.54, 1.807) is 19.4 Å². The fourth-order valence-electron chi connectivity index (χ4n) is 5.02. The first kappa shape index (κ1) is 25.5. The molecule has 6 nitrogen and oxygen atoms in total. The molecule has 1 saturated heterocycles. The van der Waals surface area contributed by atoms with Crippen molar-refractivity contribution in [3.63, 3.8) is 0 Å². The lowest BCUT2D eigenvalue weighted by Gasteiger charge is -2.36. The van der Waals surface area contributed by atoms with Crippen LogP contribution in [0.2, 0.25) is 0 Å². The zero-order valence-corrected chi connectivity index (χ0v) is 21.2. The quantitative estimate of drug-likeness (QED) is 0.275. The van der Waals surface area contributed by atoms with Crippen molar-refractivity contribution in [3.05, 3.63) is 54.4 Å². The van der Waals surface area contributed by atoms with E-state index in [1.165, 1.54) is 5.03 Å². The van der Waals surface area contributed by atoms with E-state index in [0.717, 1.165) is 42.6 Å². The van der Waals surface area contributed by atoms with Crippen molar-refractivity contribution in [2.24, 2.45) is 18.9 Å². The molecule has 0 saturated carbocycles. The van der Waals surface area contributed by atoms with Crippen molar-refractivity contribution in [1.29, 1.82) is 0 Å². The molecule has 0 radical (unpaired) electrons. The number of rotatable bonds is 11. The van der Waals surface area contributed by atoms with Gasteiger partial charge in [-0.3, -0.25) is 9.78 Å². The van der Waals surface area contributed by atoms with Gasteiger partial charge < -0.3 is 19.3 Å². The van der Waals surface area contributed by atoms with E-state index in [2.05, 4.69) is 20.5 Å². The van der Waals surface area contributed by atoms with E-state index >= 15 is 4.39 Å². The highest BCUT2D eigenvalue weighted by Crippen LogP contribution is 2.35. The number of thioether (sulfide) groups is 1.